The molecule has 0 heterocycles. The van der Waals surface area contributed by atoms with E-state index in [0.717, 1.165) is 4.47 Å². The number of benzene rings is 1. The van der Waals surface area contributed by atoms with Gasteiger partial charge in [0, 0.05) is 5.56 Å². The molecule has 0 saturated heterocycles. The third-order valence-electron chi connectivity index (χ3n) is 1.50. The second kappa shape index (κ2) is 4.85. The van der Waals surface area contributed by atoms with Gasteiger partial charge in [0.2, 0.25) is 0 Å². The number of rotatable bonds is 3. The first-order valence-corrected chi connectivity index (χ1v) is 4.47. The van der Waals surface area contributed by atoms with Crippen LogP contribution < -0.4 is 4.74 Å². The van der Waals surface area contributed by atoms with Gasteiger partial charge in [-0.1, -0.05) is 12.1 Å². The molecule has 0 radical (unpaired) electrons. The van der Waals surface area contributed by atoms with Crippen molar-refractivity contribution in [3.8, 4) is 11.8 Å². The van der Waals surface area contributed by atoms with Crippen molar-refractivity contribution in [3.63, 3.8) is 0 Å². The van der Waals surface area contributed by atoms with Gasteiger partial charge in [-0.25, -0.2) is 0 Å². The monoisotopic (exact) mass is 241 g/mol. The largest absolute Gasteiger partial charge is 0.477 e. The molecule has 1 aromatic carbocycles. The van der Waals surface area contributed by atoms with Crippen molar-refractivity contribution in [2.24, 2.45) is 0 Å². The summed E-state index contributed by atoms with van der Waals surface area (Å²) in [6.07, 6.45) is 0. The number of ether oxygens (including phenoxy) is 1. The van der Waals surface area contributed by atoms with E-state index in [9.17, 15) is 0 Å². The van der Waals surface area contributed by atoms with Crippen molar-refractivity contribution in [3.05, 3.63) is 28.2 Å². The zero-order valence-corrected chi connectivity index (χ0v) is 8.41. The van der Waals surface area contributed by atoms with Crippen LogP contribution in [0.1, 0.15) is 5.56 Å². The number of hydrogen-bond acceptors (Lipinski definition) is 3. The lowest BCUT2D eigenvalue weighted by molar-refractivity contribution is 0.270. The molecule has 3 nitrogen and oxygen atoms in total. The first-order valence-electron chi connectivity index (χ1n) is 3.67. The Hall–Kier alpha value is -1.05. The van der Waals surface area contributed by atoms with Crippen molar-refractivity contribution < 1.29 is 9.84 Å². The van der Waals surface area contributed by atoms with E-state index in [1.807, 2.05) is 6.07 Å². The molecule has 68 valence electrons. The lowest BCUT2D eigenvalue weighted by Crippen LogP contribution is -1.98. The summed E-state index contributed by atoms with van der Waals surface area (Å²) in [5.41, 5.74) is 0.671. The Balaban J connectivity index is 2.95. The smallest absolute Gasteiger partial charge is 0.174 e. The molecule has 0 aliphatic rings. The summed E-state index contributed by atoms with van der Waals surface area (Å²) >= 11 is 3.27. The van der Waals surface area contributed by atoms with Gasteiger partial charge in [0.1, 0.15) is 11.8 Å². The van der Waals surface area contributed by atoms with Gasteiger partial charge in [-0.05, 0) is 22.0 Å². The Morgan fingerprint density at radius 1 is 1.54 bits per heavy atom. The minimum Gasteiger partial charge on any atom is -0.477 e. The number of hydrogen-bond donors (Lipinski definition) is 1. The summed E-state index contributed by atoms with van der Waals surface area (Å²) < 4.78 is 5.88. The zero-order valence-electron chi connectivity index (χ0n) is 6.83. The number of nitrogens with zero attached hydrogens (tertiary/aromatic N) is 1. The molecule has 0 saturated carbocycles. The Morgan fingerprint density at radius 3 is 2.92 bits per heavy atom. The van der Waals surface area contributed by atoms with Gasteiger partial charge < -0.3 is 9.84 Å². The van der Waals surface area contributed by atoms with Gasteiger partial charge in [-0.2, -0.15) is 5.26 Å². The SMILES string of the molecule is N#CCOc1c(Br)cccc1CO. The number of aliphatic hydroxyl groups is 1. The summed E-state index contributed by atoms with van der Waals surface area (Å²) in [6, 6.07) is 7.22. The first kappa shape index (κ1) is 10.0. The maximum absolute atomic E-state index is 8.96. The third kappa shape index (κ3) is 2.44. The van der Waals surface area contributed by atoms with E-state index in [1.54, 1.807) is 18.2 Å². The zero-order chi connectivity index (χ0) is 9.68. The predicted octanol–water partition coefficient (Wildman–Crippen LogP) is 1.84. The summed E-state index contributed by atoms with van der Waals surface area (Å²) in [7, 11) is 0. The molecule has 0 aliphatic carbocycles. The topological polar surface area (TPSA) is 53.2 Å². The molecule has 0 atom stereocenters. The summed E-state index contributed by atoms with van der Waals surface area (Å²) in [5, 5.41) is 17.3. The van der Waals surface area contributed by atoms with Crippen LogP contribution >= 0.6 is 15.9 Å². The highest BCUT2D eigenvalue weighted by Crippen LogP contribution is 2.28. The fourth-order valence-electron chi connectivity index (χ4n) is 0.944. The van der Waals surface area contributed by atoms with Gasteiger partial charge in [0.05, 0.1) is 11.1 Å². The van der Waals surface area contributed by atoms with Crippen LogP contribution in [0, 0.1) is 11.3 Å². The van der Waals surface area contributed by atoms with Gasteiger partial charge in [0.25, 0.3) is 0 Å². The highest BCUT2D eigenvalue weighted by molar-refractivity contribution is 9.10. The molecule has 1 rings (SSSR count). The van der Waals surface area contributed by atoms with Crippen LogP contribution in [-0.2, 0) is 6.61 Å². The molecular weight excluding hydrogens is 234 g/mol. The fourth-order valence-corrected chi connectivity index (χ4v) is 1.47. The minimum atomic E-state index is -0.0970. The number of halogens is 1. The molecule has 0 fully saturated rings. The maximum atomic E-state index is 8.96. The van der Waals surface area contributed by atoms with Crippen molar-refractivity contribution in [1.82, 2.24) is 0 Å². The van der Waals surface area contributed by atoms with Crippen molar-refractivity contribution in [2.45, 2.75) is 6.61 Å². The minimum absolute atomic E-state index is 0.0182. The Labute approximate surface area is 84.7 Å². The van der Waals surface area contributed by atoms with E-state index in [1.165, 1.54) is 0 Å². The molecule has 0 amide bonds. The van der Waals surface area contributed by atoms with E-state index < -0.39 is 0 Å². The van der Waals surface area contributed by atoms with Crippen LogP contribution in [0.4, 0.5) is 0 Å². The molecule has 13 heavy (non-hydrogen) atoms. The van der Waals surface area contributed by atoms with Crippen molar-refractivity contribution >= 4 is 15.9 Å². The van der Waals surface area contributed by atoms with E-state index in [4.69, 9.17) is 15.1 Å². The Kier molecular flexibility index (Phi) is 3.74. The second-order valence-corrected chi connectivity index (χ2v) is 3.19. The van der Waals surface area contributed by atoms with E-state index >= 15 is 0 Å². The molecule has 0 unspecified atom stereocenters. The van der Waals surface area contributed by atoms with E-state index in [-0.39, 0.29) is 13.2 Å². The Bertz CT molecular complexity index is 333. The van der Waals surface area contributed by atoms with Crippen LogP contribution in [0.5, 0.6) is 5.75 Å². The second-order valence-electron chi connectivity index (χ2n) is 2.33. The number of para-hydroxylation sites is 1. The van der Waals surface area contributed by atoms with Gasteiger partial charge in [-0.15, -0.1) is 0 Å². The molecule has 4 heteroatoms. The lowest BCUT2D eigenvalue weighted by Gasteiger charge is -2.08. The predicted molar refractivity (Wildman–Crippen MR) is 51.2 cm³/mol. The Morgan fingerprint density at radius 2 is 2.31 bits per heavy atom. The van der Waals surface area contributed by atoms with Gasteiger partial charge in [-0.3, -0.25) is 0 Å². The van der Waals surface area contributed by atoms with Gasteiger partial charge >= 0.3 is 0 Å². The fraction of sp³-hybridized carbons (Fsp3) is 0.222. The van der Waals surface area contributed by atoms with Crippen LogP contribution in [0.3, 0.4) is 0 Å². The molecular formula is C9H8BrNO2. The lowest BCUT2D eigenvalue weighted by atomic mass is 10.2. The van der Waals surface area contributed by atoms with Crippen LogP contribution in [0.15, 0.2) is 22.7 Å². The van der Waals surface area contributed by atoms with Crippen LogP contribution in [0.25, 0.3) is 0 Å². The molecule has 0 spiro atoms. The molecule has 0 bridgehead atoms. The molecule has 1 aromatic rings. The summed E-state index contributed by atoms with van der Waals surface area (Å²) in [4.78, 5) is 0. The van der Waals surface area contributed by atoms with E-state index in [2.05, 4.69) is 15.9 Å². The van der Waals surface area contributed by atoms with E-state index in [0.29, 0.717) is 11.3 Å². The average molecular weight is 242 g/mol. The molecule has 1 N–H and O–H groups in total. The van der Waals surface area contributed by atoms with Crippen molar-refractivity contribution in [2.75, 3.05) is 6.61 Å². The van der Waals surface area contributed by atoms with Crippen LogP contribution in [0.2, 0.25) is 0 Å². The highest BCUT2D eigenvalue weighted by atomic mass is 79.9. The van der Waals surface area contributed by atoms with Crippen molar-refractivity contribution in [1.29, 1.82) is 5.26 Å². The third-order valence-corrected chi connectivity index (χ3v) is 2.12. The normalized spacial score (nSPS) is 9.31. The molecule has 0 aromatic heterocycles. The van der Waals surface area contributed by atoms with Crippen LogP contribution in [-0.4, -0.2) is 11.7 Å². The standard InChI is InChI=1S/C9H8BrNO2/c10-8-3-1-2-7(6-12)9(8)13-5-4-11/h1-3,12H,5-6H2. The number of nitriles is 1. The quantitative estimate of drug-likeness (QED) is 0.879. The maximum Gasteiger partial charge on any atom is 0.174 e. The first-order chi connectivity index (χ1) is 6.29. The van der Waals surface area contributed by atoms with Gasteiger partial charge in [0.15, 0.2) is 6.61 Å². The average Bonchev–Trinajstić information content (AvgIpc) is 2.15. The summed E-state index contributed by atoms with van der Waals surface area (Å²) in [6.45, 7) is -0.115. The highest BCUT2D eigenvalue weighted by Gasteiger charge is 2.06. The summed E-state index contributed by atoms with van der Waals surface area (Å²) in [5.74, 6) is 0.534. The molecule has 0 aliphatic heterocycles. The number of aliphatic hydroxyl groups excluding tert-OH is 1.